The highest BCUT2D eigenvalue weighted by atomic mass is 32.1. The van der Waals surface area contributed by atoms with E-state index in [-0.39, 0.29) is 0 Å². The Bertz CT molecular complexity index is 938. The zero-order valence-corrected chi connectivity index (χ0v) is 16.1. The van der Waals surface area contributed by atoms with Crippen molar-refractivity contribution in [3.05, 3.63) is 42.0 Å². The number of aliphatic carboxylic acids is 2. The smallest absolute Gasteiger partial charge is 0.414 e. The van der Waals surface area contributed by atoms with Gasteiger partial charge < -0.3 is 15.1 Å². The fourth-order valence-electron chi connectivity index (χ4n) is 3.21. The monoisotopic (exact) mass is 399 g/mol. The van der Waals surface area contributed by atoms with Crippen molar-refractivity contribution in [1.82, 2.24) is 9.97 Å². The molecule has 2 N–H and O–H groups in total. The van der Waals surface area contributed by atoms with E-state index < -0.39 is 11.9 Å². The van der Waals surface area contributed by atoms with Crippen LogP contribution in [0.25, 0.3) is 21.3 Å². The van der Waals surface area contributed by atoms with Gasteiger partial charge in [0.1, 0.15) is 17.0 Å². The first kappa shape index (κ1) is 19.8. The zero-order chi connectivity index (χ0) is 19.9. The van der Waals surface area contributed by atoms with E-state index >= 15 is 0 Å². The molecule has 3 heterocycles. The van der Waals surface area contributed by atoms with Gasteiger partial charge in [0.2, 0.25) is 0 Å². The molecule has 2 aromatic heterocycles. The van der Waals surface area contributed by atoms with Crippen LogP contribution in [0.4, 0.5) is 5.82 Å². The Balaban J connectivity index is 0.000000330. The highest BCUT2D eigenvalue weighted by molar-refractivity contribution is 7.17. The number of hydrogen-bond acceptors (Lipinski definition) is 6. The summed E-state index contributed by atoms with van der Waals surface area (Å²) in [4.78, 5) is 30.9. The zero-order valence-electron chi connectivity index (χ0n) is 15.2. The number of carbonyl (C=O) groups is 2. The summed E-state index contributed by atoms with van der Waals surface area (Å²) in [6, 6.07) is 10.6. The predicted octanol–water partition coefficient (Wildman–Crippen LogP) is 3.89. The molecule has 28 heavy (non-hydrogen) atoms. The van der Waals surface area contributed by atoms with Crippen LogP contribution >= 0.6 is 11.3 Å². The molecule has 4 rings (SSSR count). The summed E-state index contributed by atoms with van der Waals surface area (Å²) in [5.74, 6) is -2.53. The van der Waals surface area contributed by atoms with Gasteiger partial charge in [-0.2, -0.15) is 0 Å². The maximum atomic E-state index is 9.10. The number of fused-ring (bicyclic) bond motifs is 1. The fourth-order valence-corrected chi connectivity index (χ4v) is 4.12. The van der Waals surface area contributed by atoms with E-state index in [9.17, 15) is 0 Å². The second-order valence-corrected chi connectivity index (χ2v) is 7.26. The summed E-state index contributed by atoms with van der Waals surface area (Å²) in [5.41, 5.74) is 2.51. The van der Waals surface area contributed by atoms with Crippen LogP contribution in [0.2, 0.25) is 0 Å². The molecule has 1 fully saturated rings. The first-order valence-electron chi connectivity index (χ1n) is 9.06. The van der Waals surface area contributed by atoms with Crippen LogP contribution in [-0.2, 0) is 9.59 Å². The number of rotatable bonds is 2. The van der Waals surface area contributed by atoms with Crippen molar-refractivity contribution >= 4 is 39.3 Å². The number of hydrogen-bond donors (Lipinski definition) is 2. The van der Waals surface area contributed by atoms with Crippen LogP contribution in [0.3, 0.4) is 0 Å². The van der Waals surface area contributed by atoms with Crippen LogP contribution in [0.1, 0.15) is 25.7 Å². The Kier molecular flexibility index (Phi) is 6.54. The summed E-state index contributed by atoms with van der Waals surface area (Å²) >= 11 is 1.71. The molecule has 0 unspecified atom stereocenters. The lowest BCUT2D eigenvalue weighted by atomic mass is 10.1. The Hall–Kier alpha value is -3.00. The van der Waals surface area contributed by atoms with Crippen molar-refractivity contribution in [3.63, 3.8) is 0 Å². The number of aromatic nitrogens is 2. The number of benzene rings is 1. The molecule has 0 atom stereocenters. The van der Waals surface area contributed by atoms with Gasteiger partial charge in [-0.3, -0.25) is 0 Å². The summed E-state index contributed by atoms with van der Waals surface area (Å²) in [6.07, 6.45) is 6.90. The summed E-state index contributed by atoms with van der Waals surface area (Å²) < 4.78 is 0. The summed E-state index contributed by atoms with van der Waals surface area (Å²) in [6.45, 7) is 2.21. The third kappa shape index (κ3) is 4.64. The molecular weight excluding hydrogens is 378 g/mol. The van der Waals surface area contributed by atoms with Crippen LogP contribution in [0.5, 0.6) is 0 Å². The second kappa shape index (κ2) is 9.27. The molecule has 0 aliphatic carbocycles. The predicted molar refractivity (Wildman–Crippen MR) is 109 cm³/mol. The normalized spacial score (nSPS) is 14.1. The third-order valence-corrected chi connectivity index (χ3v) is 5.41. The first-order chi connectivity index (χ1) is 13.6. The van der Waals surface area contributed by atoms with Crippen molar-refractivity contribution in [3.8, 4) is 11.1 Å². The topological polar surface area (TPSA) is 104 Å². The van der Waals surface area contributed by atoms with Crippen molar-refractivity contribution in [2.45, 2.75) is 25.7 Å². The lowest BCUT2D eigenvalue weighted by Gasteiger charge is -2.22. The molecule has 0 radical (unpaired) electrons. The van der Waals surface area contributed by atoms with Gasteiger partial charge in [0.25, 0.3) is 0 Å². The quantitative estimate of drug-likeness (QED) is 0.630. The number of carboxylic acid groups (broad SMARTS) is 2. The minimum absolute atomic E-state index is 1.09. The van der Waals surface area contributed by atoms with Crippen molar-refractivity contribution < 1.29 is 19.8 Å². The van der Waals surface area contributed by atoms with Gasteiger partial charge in [-0.25, -0.2) is 19.6 Å². The minimum Gasteiger partial charge on any atom is -0.473 e. The number of carboxylic acids is 2. The molecule has 3 aromatic rings. The van der Waals surface area contributed by atoms with Crippen LogP contribution in [0, 0.1) is 0 Å². The van der Waals surface area contributed by atoms with Gasteiger partial charge in [0, 0.05) is 24.0 Å². The molecule has 1 saturated heterocycles. The summed E-state index contributed by atoms with van der Waals surface area (Å²) in [5, 5.41) is 18.2. The molecule has 1 aromatic carbocycles. The van der Waals surface area contributed by atoms with Crippen LogP contribution in [0.15, 0.2) is 42.0 Å². The Morgan fingerprint density at radius 1 is 0.929 bits per heavy atom. The SMILES string of the molecule is O=C(O)C(=O)O.c1ccc(-c2csc3ncnc(N4CCCCCC4)c23)cc1. The van der Waals surface area contributed by atoms with Crippen molar-refractivity contribution in [2.24, 2.45) is 0 Å². The standard InChI is InChI=1S/C18H19N3S.C2H2O4/c1-2-7-11-21(10-6-1)17-16-15(14-8-4-3-5-9-14)12-22-18(16)20-13-19-17;3-1(4)2(5)6/h3-5,8-9,12-13H,1-2,6-7,10-11H2;(H,3,4)(H,5,6). The van der Waals surface area contributed by atoms with Gasteiger partial charge in [-0.1, -0.05) is 43.2 Å². The molecular formula is C20H21N3O4S. The highest BCUT2D eigenvalue weighted by Gasteiger charge is 2.18. The van der Waals surface area contributed by atoms with Crippen LogP contribution in [-0.4, -0.2) is 45.2 Å². The second-order valence-electron chi connectivity index (χ2n) is 6.40. The number of thiophene rings is 1. The van der Waals surface area contributed by atoms with Gasteiger partial charge in [-0.05, 0) is 18.4 Å². The third-order valence-electron chi connectivity index (χ3n) is 4.52. The van der Waals surface area contributed by atoms with E-state index in [0.717, 1.165) is 23.7 Å². The van der Waals surface area contributed by atoms with Crippen molar-refractivity contribution in [2.75, 3.05) is 18.0 Å². The minimum atomic E-state index is -1.82. The molecule has 146 valence electrons. The Labute approximate surface area is 166 Å². The Morgan fingerprint density at radius 2 is 1.57 bits per heavy atom. The molecule has 1 aliphatic heterocycles. The highest BCUT2D eigenvalue weighted by Crippen LogP contribution is 2.38. The van der Waals surface area contributed by atoms with Gasteiger partial charge in [0.05, 0.1) is 5.39 Å². The molecule has 8 heteroatoms. The maximum Gasteiger partial charge on any atom is 0.414 e. The van der Waals surface area contributed by atoms with Crippen molar-refractivity contribution in [1.29, 1.82) is 0 Å². The van der Waals surface area contributed by atoms with E-state index in [2.05, 4.69) is 50.6 Å². The van der Waals surface area contributed by atoms with Gasteiger partial charge in [-0.15, -0.1) is 11.3 Å². The van der Waals surface area contributed by atoms with E-state index in [1.165, 1.54) is 42.2 Å². The summed E-state index contributed by atoms with van der Waals surface area (Å²) in [7, 11) is 0. The number of nitrogens with zero attached hydrogens (tertiary/aromatic N) is 3. The van der Waals surface area contributed by atoms with Gasteiger partial charge in [0.15, 0.2) is 0 Å². The van der Waals surface area contributed by atoms with E-state index in [1.807, 2.05) is 0 Å². The van der Waals surface area contributed by atoms with Gasteiger partial charge >= 0.3 is 11.9 Å². The molecule has 0 bridgehead atoms. The van der Waals surface area contributed by atoms with E-state index in [4.69, 9.17) is 19.8 Å². The fraction of sp³-hybridized carbons (Fsp3) is 0.300. The molecule has 0 saturated carbocycles. The Morgan fingerprint density at radius 3 is 2.18 bits per heavy atom. The molecule has 0 amide bonds. The maximum absolute atomic E-state index is 9.10. The molecule has 1 aliphatic rings. The van der Waals surface area contributed by atoms with E-state index in [1.54, 1.807) is 17.7 Å². The molecule has 0 spiro atoms. The van der Waals surface area contributed by atoms with E-state index in [0.29, 0.717) is 0 Å². The largest absolute Gasteiger partial charge is 0.473 e. The molecule has 7 nitrogen and oxygen atoms in total. The average molecular weight is 399 g/mol. The average Bonchev–Trinajstić information content (AvgIpc) is 2.96. The lowest BCUT2D eigenvalue weighted by Crippen LogP contribution is -2.25. The van der Waals surface area contributed by atoms with Crippen LogP contribution < -0.4 is 4.90 Å². The lowest BCUT2D eigenvalue weighted by molar-refractivity contribution is -0.159. The number of anilines is 1. The first-order valence-corrected chi connectivity index (χ1v) is 9.94.